The highest BCUT2D eigenvalue weighted by atomic mass is 16.4. The average Bonchev–Trinajstić information content (AvgIpc) is 3.27. The van der Waals surface area contributed by atoms with E-state index in [2.05, 4.69) is 16.5 Å². The molecule has 1 atom stereocenters. The molecule has 146 valence electrons. The second-order valence-corrected chi connectivity index (χ2v) is 7.30. The van der Waals surface area contributed by atoms with Gasteiger partial charge in [-0.1, -0.05) is 19.4 Å². The number of amides is 2. The number of nitrogens with zero attached hydrogens (tertiary/aromatic N) is 4. The van der Waals surface area contributed by atoms with Crippen LogP contribution in [0.1, 0.15) is 37.9 Å². The SMILES string of the molecule is CCCc1c(NC(=O)N2CCC(C)(C(=O)O)C2)cnn1-c1cccc(C#N)c1. The minimum absolute atomic E-state index is 0.176. The van der Waals surface area contributed by atoms with Gasteiger partial charge in [0.1, 0.15) is 0 Å². The van der Waals surface area contributed by atoms with Crippen LogP contribution in [0.4, 0.5) is 10.5 Å². The first-order valence-electron chi connectivity index (χ1n) is 9.24. The van der Waals surface area contributed by atoms with E-state index in [4.69, 9.17) is 5.26 Å². The Morgan fingerprint density at radius 1 is 1.43 bits per heavy atom. The number of carboxylic acids is 1. The first kappa shape index (κ1) is 19.4. The Morgan fingerprint density at radius 2 is 2.21 bits per heavy atom. The molecule has 1 saturated heterocycles. The zero-order valence-corrected chi connectivity index (χ0v) is 16.0. The van der Waals surface area contributed by atoms with Gasteiger partial charge in [0.05, 0.1) is 40.3 Å². The Kier molecular flexibility index (Phi) is 5.36. The van der Waals surface area contributed by atoms with Gasteiger partial charge < -0.3 is 15.3 Å². The molecule has 1 unspecified atom stereocenters. The lowest BCUT2D eigenvalue weighted by atomic mass is 9.90. The highest BCUT2D eigenvalue weighted by Crippen LogP contribution is 2.31. The van der Waals surface area contributed by atoms with Gasteiger partial charge in [-0.05, 0) is 38.0 Å². The number of urea groups is 1. The summed E-state index contributed by atoms with van der Waals surface area (Å²) in [5.74, 6) is -0.889. The van der Waals surface area contributed by atoms with E-state index in [1.807, 2.05) is 13.0 Å². The Morgan fingerprint density at radius 3 is 2.86 bits per heavy atom. The minimum atomic E-state index is -0.911. The van der Waals surface area contributed by atoms with Crippen LogP contribution in [0, 0.1) is 16.7 Å². The molecule has 2 heterocycles. The largest absolute Gasteiger partial charge is 0.481 e. The molecule has 2 amide bonds. The smallest absolute Gasteiger partial charge is 0.321 e. The molecule has 0 spiro atoms. The number of nitriles is 1. The van der Waals surface area contributed by atoms with Crippen LogP contribution in [0.3, 0.4) is 0 Å². The molecule has 0 bridgehead atoms. The lowest BCUT2D eigenvalue weighted by Crippen LogP contribution is -2.37. The van der Waals surface area contributed by atoms with Crippen molar-refractivity contribution in [2.45, 2.75) is 33.1 Å². The fraction of sp³-hybridized carbons (Fsp3) is 0.400. The third-order valence-corrected chi connectivity index (χ3v) is 5.09. The summed E-state index contributed by atoms with van der Waals surface area (Å²) in [5.41, 5.74) is 1.81. The highest BCUT2D eigenvalue weighted by molar-refractivity contribution is 5.91. The Hall–Kier alpha value is -3.34. The third kappa shape index (κ3) is 3.69. The number of aromatic nitrogens is 2. The second kappa shape index (κ2) is 7.72. The van der Waals surface area contributed by atoms with E-state index in [9.17, 15) is 14.7 Å². The average molecular weight is 381 g/mol. The summed E-state index contributed by atoms with van der Waals surface area (Å²) in [5, 5.41) is 25.8. The van der Waals surface area contributed by atoms with Gasteiger partial charge >= 0.3 is 12.0 Å². The Bertz CT molecular complexity index is 946. The molecular weight excluding hydrogens is 358 g/mol. The fourth-order valence-electron chi connectivity index (χ4n) is 3.39. The predicted octanol–water partition coefficient (Wildman–Crippen LogP) is 3.02. The van der Waals surface area contributed by atoms with E-state index in [1.54, 1.807) is 36.0 Å². The quantitative estimate of drug-likeness (QED) is 0.827. The van der Waals surface area contributed by atoms with Gasteiger partial charge in [0.2, 0.25) is 0 Å². The number of carbonyl (C=O) groups excluding carboxylic acids is 1. The van der Waals surface area contributed by atoms with E-state index in [-0.39, 0.29) is 12.6 Å². The van der Waals surface area contributed by atoms with E-state index in [0.29, 0.717) is 30.6 Å². The van der Waals surface area contributed by atoms with Crippen molar-refractivity contribution in [3.63, 3.8) is 0 Å². The number of aliphatic carboxylic acids is 1. The summed E-state index contributed by atoms with van der Waals surface area (Å²) in [4.78, 5) is 25.6. The van der Waals surface area contributed by atoms with Gasteiger partial charge in [-0.2, -0.15) is 10.4 Å². The first-order valence-corrected chi connectivity index (χ1v) is 9.24. The van der Waals surface area contributed by atoms with Crippen molar-refractivity contribution in [2.75, 3.05) is 18.4 Å². The van der Waals surface area contributed by atoms with Crippen LogP contribution in [0.15, 0.2) is 30.5 Å². The zero-order chi connectivity index (χ0) is 20.3. The molecule has 0 radical (unpaired) electrons. The molecule has 1 aromatic carbocycles. The number of benzene rings is 1. The van der Waals surface area contributed by atoms with Crippen LogP contribution >= 0.6 is 0 Å². The number of nitrogens with one attached hydrogen (secondary N) is 1. The predicted molar refractivity (Wildman–Crippen MR) is 103 cm³/mol. The van der Waals surface area contributed by atoms with Gasteiger partial charge in [0.15, 0.2) is 0 Å². The summed E-state index contributed by atoms with van der Waals surface area (Å²) in [6.07, 6.45) is 3.57. The molecule has 8 heteroatoms. The normalized spacial score (nSPS) is 18.7. The fourth-order valence-corrected chi connectivity index (χ4v) is 3.39. The molecule has 1 aliphatic rings. The minimum Gasteiger partial charge on any atom is -0.481 e. The molecule has 3 rings (SSSR count). The number of rotatable bonds is 5. The standard InChI is InChI=1S/C20H23N5O3/c1-3-5-17-16(12-22-25(17)15-7-4-6-14(10-15)11-21)23-19(28)24-9-8-20(2,13-24)18(26)27/h4,6-7,10,12H,3,5,8-9,13H2,1-2H3,(H,23,28)(H,26,27). The van der Waals surface area contributed by atoms with Crippen LogP contribution in [0.25, 0.3) is 5.69 Å². The molecule has 1 aromatic heterocycles. The topological polar surface area (TPSA) is 111 Å². The molecular formula is C20H23N5O3. The van der Waals surface area contributed by atoms with E-state index >= 15 is 0 Å². The highest BCUT2D eigenvalue weighted by Gasteiger charge is 2.42. The lowest BCUT2D eigenvalue weighted by molar-refractivity contribution is -0.146. The number of carboxylic acid groups (broad SMARTS) is 1. The van der Waals surface area contributed by atoms with Crippen LogP contribution in [-0.2, 0) is 11.2 Å². The molecule has 2 aromatic rings. The van der Waals surface area contributed by atoms with E-state index < -0.39 is 11.4 Å². The van der Waals surface area contributed by atoms with Crippen LogP contribution < -0.4 is 5.32 Å². The van der Waals surface area contributed by atoms with E-state index in [1.165, 1.54) is 4.90 Å². The van der Waals surface area contributed by atoms with Gasteiger partial charge in [-0.25, -0.2) is 9.48 Å². The van der Waals surface area contributed by atoms with Crippen molar-refractivity contribution in [1.29, 1.82) is 5.26 Å². The number of hydrogen-bond acceptors (Lipinski definition) is 4. The number of hydrogen-bond donors (Lipinski definition) is 2. The van der Waals surface area contributed by atoms with Crippen molar-refractivity contribution in [1.82, 2.24) is 14.7 Å². The zero-order valence-electron chi connectivity index (χ0n) is 16.0. The van der Waals surface area contributed by atoms with Gasteiger partial charge in [0.25, 0.3) is 0 Å². The first-order chi connectivity index (χ1) is 13.4. The Balaban J connectivity index is 1.83. The maximum Gasteiger partial charge on any atom is 0.321 e. The second-order valence-electron chi connectivity index (χ2n) is 7.30. The number of anilines is 1. The molecule has 0 aliphatic carbocycles. The van der Waals surface area contributed by atoms with Crippen molar-refractivity contribution in [2.24, 2.45) is 5.41 Å². The summed E-state index contributed by atoms with van der Waals surface area (Å²) in [6, 6.07) is 8.91. The molecule has 1 aliphatic heterocycles. The third-order valence-electron chi connectivity index (χ3n) is 5.09. The van der Waals surface area contributed by atoms with Crippen LogP contribution in [-0.4, -0.2) is 44.9 Å². The number of carbonyl (C=O) groups is 2. The summed E-state index contributed by atoms with van der Waals surface area (Å²) < 4.78 is 1.73. The monoisotopic (exact) mass is 381 g/mol. The van der Waals surface area contributed by atoms with Crippen molar-refractivity contribution >= 4 is 17.7 Å². The van der Waals surface area contributed by atoms with E-state index in [0.717, 1.165) is 17.8 Å². The van der Waals surface area contributed by atoms with Crippen molar-refractivity contribution in [3.8, 4) is 11.8 Å². The van der Waals surface area contributed by atoms with Gasteiger partial charge in [-0.15, -0.1) is 0 Å². The molecule has 1 fully saturated rings. The summed E-state index contributed by atoms with van der Waals surface area (Å²) in [6.45, 7) is 4.27. The number of likely N-dealkylation sites (tertiary alicyclic amines) is 1. The summed E-state index contributed by atoms with van der Waals surface area (Å²) >= 11 is 0. The van der Waals surface area contributed by atoms with Crippen LogP contribution in [0.2, 0.25) is 0 Å². The lowest BCUT2D eigenvalue weighted by Gasteiger charge is -2.20. The van der Waals surface area contributed by atoms with Gasteiger partial charge in [0, 0.05) is 13.1 Å². The van der Waals surface area contributed by atoms with Crippen LogP contribution in [0.5, 0.6) is 0 Å². The summed E-state index contributed by atoms with van der Waals surface area (Å²) in [7, 11) is 0. The maximum atomic E-state index is 12.7. The molecule has 2 N–H and O–H groups in total. The maximum absolute atomic E-state index is 12.7. The molecule has 8 nitrogen and oxygen atoms in total. The Labute approximate surface area is 163 Å². The van der Waals surface area contributed by atoms with Crippen molar-refractivity contribution < 1.29 is 14.7 Å². The van der Waals surface area contributed by atoms with Gasteiger partial charge in [-0.3, -0.25) is 4.79 Å². The molecule has 0 saturated carbocycles. The molecule has 28 heavy (non-hydrogen) atoms. The van der Waals surface area contributed by atoms with Crippen molar-refractivity contribution in [3.05, 3.63) is 41.7 Å².